The first kappa shape index (κ1) is 25.5. The number of nitrogen functional groups attached to an aromatic ring is 1. The summed E-state index contributed by atoms with van der Waals surface area (Å²) in [6, 6.07) is 23.1. The number of rotatable bonds is 2. The monoisotopic (exact) mass is 604 g/mol. The third-order valence-corrected chi connectivity index (χ3v) is 5.56. The van der Waals surface area contributed by atoms with Gasteiger partial charge in [-0.2, -0.15) is 0 Å². The molecule has 4 nitrogen and oxygen atoms in total. The molecule has 0 aliphatic rings. The Labute approximate surface area is 214 Å². The molecular formula is C22H17Cl4IN4. The topological polar surface area (TPSA) is 63.8 Å². The van der Waals surface area contributed by atoms with Crippen LogP contribution in [0.15, 0.2) is 85.2 Å². The van der Waals surface area contributed by atoms with Crippen molar-refractivity contribution in [2.45, 2.75) is 0 Å². The molecule has 0 atom stereocenters. The fourth-order valence-electron chi connectivity index (χ4n) is 2.00. The van der Waals surface area contributed by atoms with Crippen molar-refractivity contribution in [3.63, 3.8) is 0 Å². The predicted molar refractivity (Wildman–Crippen MR) is 142 cm³/mol. The van der Waals surface area contributed by atoms with Crippen LogP contribution in [0.5, 0.6) is 0 Å². The highest BCUT2D eigenvalue weighted by molar-refractivity contribution is 14.1. The van der Waals surface area contributed by atoms with Gasteiger partial charge in [-0.3, -0.25) is 0 Å². The maximum absolute atomic E-state index is 5.87. The molecular weight excluding hydrogens is 589 g/mol. The van der Waals surface area contributed by atoms with Crippen LogP contribution in [-0.2, 0) is 0 Å². The number of nitrogens with zero attached hydrogens (tertiary/aromatic N) is 2. The second kappa shape index (κ2) is 13.6. The number of halogens is 5. The van der Waals surface area contributed by atoms with Crippen LogP contribution in [-0.4, -0.2) is 9.97 Å². The van der Waals surface area contributed by atoms with E-state index in [1.165, 1.54) is 22.0 Å². The van der Waals surface area contributed by atoms with Gasteiger partial charge in [-0.15, -0.1) is 0 Å². The van der Waals surface area contributed by atoms with Gasteiger partial charge in [0.25, 0.3) is 0 Å². The summed E-state index contributed by atoms with van der Waals surface area (Å²) in [6.45, 7) is 0. The Bertz CT molecular complexity index is 1080. The number of anilines is 3. The molecule has 31 heavy (non-hydrogen) atoms. The number of benzene rings is 2. The van der Waals surface area contributed by atoms with Crippen molar-refractivity contribution in [2.24, 2.45) is 0 Å². The van der Waals surface area contributed by atoms with Crippen LogP contribution in [0, 0.1) is 3.57 Å². The molecule has 2 aromatic carbocycles. The molecule has 0 saturated heterocycles. The van der Waals surface area contributed by atoms with Crippen LogP contribution in [0.2, 0.25) is 20.1 Å². The number of hydrogen-bond donors (Lipinski definition) is 2. The van der Waals surface area contributed by atoms with E-state index in [1.807, 2.05) is 48.5 Å². The summed E-state index contributed by atoms with van der Waals surface area (Å²) in [7, 11) is 0. The number of nitrogens with two attached hydrogens (primary N) is 1. The van der Waals surface area contributed by atoms with Gasteiger partial charge in [0.1, 0.15) is 11.6 Å². The third kappa shape index (κ3) is 9.93. The molecule has 0 spiro atoms. The molecule has 9 heteroatoms. The molecule has 2 aromatic heterocycles. The zero-order valence-corrected chi connectivity index (χ0v) is 21.1. The normalized spacial score (nSPS) is 9.58. The van der Waals surface area contributed by atoms with E-state index in [4.69, 9.17) is 52.1 Å². The SMILES string of the molecule is Clc1cnc(Nc2ccccc2)cc1Cl.Ic1ccccc1.Nc1cc(Cl)c(Cl)cn1. The van der Waals surface area contributed by atoms with E-state index in [0.717, 1.165) is 5.69 Å². The lowest BCUT2D eigenvalue weighted by atomic mass is 10.3. The maximum Gasteiger partial charge on any atom is 0.131 e. The van der Waals surface area contributed by atoms with E-state index in [2.05, 4.69) is 50.0 Å². The molecule has 160 valence electrons. The first-order valence-electron chi connectivity index (χ1n) is 8.75. The van der Waals surface area contributed by atoms with Crippen molar-refractivity contribution >= 4 is 86.3 Å². The summed E-state index contributed by atoms with van der Waals surface area (Å²) >= 11 is 25.0. The zero-order valence-electron chi connectivity index (χ0n) is 15.9. The van der Waals surface area contributed by atoms with Gasteiger partial charge in [0.2, 0.25) is 0 Å². The van der Waals surface area contributed by atoms with Gasteiger partial charge in [0, 0.05) is 33.8 Å². The number of pyridine rings is 2. The van der Waals surface area contributed by atoms with Crippen molar-refractivity contribution in [1.82, 2.24) is 9.97 Å². The number of hydrogen-bond acceptors (Lipinski definition) is 4. The van der Waals surface area contributed by atoms with Crippen LogP contribution < -0.4 is 11.1 Å². The van der Waals surface area contributed by atoms with Crippen LogP contribution in [0.4, 0.5) is 17.3 Å². The highest BCUT2D eigenvalue weighted by Crippen LogP contribution is 2.24. The fourth-order valence-corrected chi connectivity index (χ4v) is 2.93. The Balaban J connectivity index is 0.000000181. The van der Waals surface area contributed by atoms with Crippen LogP contribution in [0.1, 0.15) is 0 Å². The Kier molecular flexibility index (Phi) is 11.2. The number of aromatic nitrogens is 2. The average molecular weight is 606 g/mol. The molecule has 3 N–H and O–H groups in total. The van der Waals surface area contributed by atoms with Crippen molar-refractivity contribution in [3.8, 4) is 0 Å². The maximum atomic E-state index is 5.87. The molecule has 0 bridgehead atoms. The molecule has 0 radical (unpaired) electrons. The van der Waals surface area contributed by atoms with Crippen LogP contribution >= 0.6 is 69.0 Å². The van der Waals surface area contributed by atoms with Crippen LogP contribution in [0.3, 0.4) is 0 Å². The van der Waals surface area contributed by atoms with E-state index in [-0.39, 0.29) is 0 Å². The average Bonchev–Trinajstić information content (AvgIpc) is 2.76. The Morgan fingerprint density at radius 1 is 0.677 bits per heavy atom. The summed E-state index contributed by atoms with van der Waals surface area (Å²) < 4.78 is 1.29. The molecule has 2 heterocycles. The lowest BCUT2D eigenvalue weighted by molar-refractivity contribution is 1.31. The Morgan fingerprint density at radius 3 is 1.65 bits per heavy atom. The highest BCUT2D eigenvalue weighted by Gasteiger charge is 2.00. The molecule has 4 rings (SSSR count). The molecule has 0 saturated carbocycles. The standard InChI is InChI=1S/C11H8Cl2N2.C6H5I.C5H4Cl2N2/c12-9-6-11(14-7-10(9)13)15-8-4-2-1-3-5-8;7-6-4-2-1-3-5-6;6-3-1-5(8)9-2-4(3)7/h1-7H,(H,14,15);1-5H;1-2H,(H2,8,9). The molecule has 0 unspecified atom stereocenters. The molecule has 0 amide bonds. The molecule has 4 aromatic rings. The number of nitrogens with one attached hydrogen (secondary N) is 1. The Hall–Kier alpha value is -1.77. The van der Waals surface area contributed by atoms with Gasteiger partial charge in [-0.25, -0.2) is 9.97 Å². The second-order valence-corrected chi connectivity index (χ2v) is 8.67. The highest BCUT2D eigenvalue weighted by atomic mass is 127. The van der Waals surface area contributed by atoms with Crippen molar-refractivity contribution in [1.29, 1.82) is 0 Å². The van der Waals surface area contributed by atoms with Crippen LogP contribution in [0.25, 0.3) is 0 Å². The van der Waals surface area contributed by atoms with E-state index >= 15 is 0 Å². The minimum atomic E-state index is 0.379. The summed E-state index contributed by atoms with van der Waals surface area (Å²) in [5.74, 6) is 1.06. The van der Waals surface area contributed by atoms with Gasteiger partial charge in [-0.1, -0.05) is 82.8 Å². The van der Waals surface area contributed by atoms with E-state index in [9.17, 15) is 0 Å². The van der Waals surface area contributed by atoms with Gasteiger partial charge >= 0.3 is 0 Å². The lowest BCUT2D eigenvalue weighted by Gasteiger charge is -2.05. The summed E-state index contributed by atoms with van der Waals surface area (Å²) in [6.07, 6.45) is 2.94. The molecule has 0 fully saturated rings. The smallest absolute Gasteiger partial charge is 0.131 e. The summed E-state index contributed by atoms with van der Waals surface area (Å²) in [5.41, 5.74) is 6.23. The van der Waals surface area contributed by atoms with Gasteiger partial charge < -0.3 is 11.1 Å². The fraction of sp³-hybridized carbons (Fsp3) is 0. The Morgan fingerprint density at radius 2 is 1.19 bits per heavy atom. The van der Waals surface area contributed by atoms with E-state index in [0.29, 0.717) is 31.7 Å². The first-order valence-corrected chi connectivity index (χ1v) is 11.3. The quantitative estimate of drug-likeness (QED) is 0.225. The molecule has 0 aliphatic heterocycles. The minimum Gasteiger partial charge on any atom is -0.384 e. The van der Waals surface area contributed by atoms with Gasteiger partial charge in [0.05, 0.1) is 20.1 Å². The number of para-hydroxylation sites is 1. The van der Waals surface area contributed by atoms with Gasteiger partial charge in [0.15, 0.2) is 0 Å². The largest absolute Gasteiger partial charge is 0.384 e. The van der Waals surface area contributed by atoms with Gasteiger partial charge in [-0.05, 0) is 46.9 Å². The van der Waals surface area contributed by atoms with E-state index in [1.54, 1.807) is 6.07 Å². The summed E-state index contributed by atoms with van der Waals surface area (Å²) in [4.78, 5) is 7.81. The molecule has 0 aliphatic carbocycles. The lowest BCUT2D eigenvalue weighted by Crippen LogP contribution is -1.92. The van der Waals surface area contributed by atoms with Crippen molar-refractivity contribution < 1.29 is 0 Å². The predicted octanol–water partition coefficient (Wildman–Crippen LogP) is 8.39. The summed E-state index contributed by atoms with van der Waals surface area (Å²) in [5, 5.41) is 4.92. The first-order chi connectivity index (χ1) is 14.8. The van der Waals surface area contributed by atoms with E-state index < -0.39 is 0 Å². The minimum absolute atomic E-state index is 0.379. The van der Waals surface area contributed by atoms with Crippen molar-refractivity contribution in [3.05, 3.63) is 109 Å². The zero-order chi connectivity index (χ0) is 22.6. The second-order valence-electron chi connectivity index (χ2n) is 5.79. The van der Waals surface area contributed by atoms with Crippen molar-refractivity contribution in [2.75, 3.05) is 11.1 Å². The third-order valence-electron chi connectivity index (χ3n) is 3.42.